The van der Waals surface area contributed by atoms with Crippen molar-refractivity contribution in [2.45, 2.75) is 62.6 Å². The molecule has 2 aliphatic rings. The van der Waals surface area contributed by atoms with E-state index >= 15 is 0 Å². The van der Waals surface area contributed by atoms with Crippen LogP contribution < -0.4 is 10.0 Å². The molecule has 0 unspecified atom stereocenters. The second-order valence-electron chi connectivity index (χ2n) is 8.00. The lowest BCUT2D eigenvalue weighted by Crippen LogP contribution is -2.40. The minimum Gasteiger partial charge on any atom is -0.376 e. The lowest BCUT2D eigenvalue weighted by Gasteiger charge is -2.22. The number of nitro benzene ring substituents is 1. The molecule has 0 bridgehead atoms. The van der Waals surface area contributed by atoms with Gasteiger partial charge in [0.15, 0.2) is 0 Å². The molecular weight excluding hydrogens is 358 g/mol. The standard InChI is InChI=1S/C17H25N3O5S/c1-17(2,3)19-26(23,24)12-6-7-13(15(10-12)20(21)22)18-14-8-9-25-16(14)11-4-5-11/h6-7,10-11,14,16,18-19H,4-5,8-9H2,1-3H3/t14-,16-/m1/s1. The molecular formula is C17H25N3O5S. The Bertz CT molecular complexity index is 799. The summed E-state index contributed by atoms with van der Waals surface area (Å²) in [6.07, 6.45) is 3.10. The van der Waals surface area contributed by atoms with Gasteiger partial charge in [-0.05, 0) is 58.1 Å². The van der Waals surface area contributed by atoms with Crippen molar-refractivity contribution in [3.05, 3.63) is 28.3 Å². The van der Waals surface area contributed by atoms with Gasteiger partial charge in [-0.1, -0.05) is 0 Å². The van der Waals surface area contributed by atoms with Crippen LogP contribution in [0.15, 0.2) is 23.1 Å². The lowest BCUT2D eigenvalue weighted by molar-refractivity contribution is -0.384. The van der Waals surface area contributed by atoms with E-state index < -0.39 is 20.5 Å². The number of nitro groups is 1. The van der Waals surface area contributed by atoms with Crippen molar-refractivity contribution < 1.29 is 18.1 Å². The first-order valence-electron chi connectivity index (χ1n) is 8.77. The van der Waals surface area contributed by atoms with Crippen LogP contribution in [0.2, 0.25) is 0 Å². The summed E-state index contributed by atoms with van der Waals surface area (Å²) in [5, 5.41) is 14.7. The number of rotatable bonds is 6. The van der Waals surface area contributed by atoms with Gasteiger partial charge >= 0.3 is 0 Å². The molecule has 2 N–H and O–H groups in total. The van der Waals surface area contributed by atoms with Crippen LogP contribution in [0, 0.1) is 16.0 Å². The van der Waals surface area contributed by atoms with Crippen LogP contribution in [0.25, 0.3) is 0 Å². The van der Waals surface area contributed by atoms with E-state index in [1.165, 1.54) is 12.1 Å². The third-order valence-electron chi connectivity index (χ3n) is 4.48. The number of anilines is 1. The Kier molecular flexibility index (Phi) is 4.98. The maximum atomic E-state index is 12.5. The molecule has 0 amide bonds. The Morgan fingerprint density at radius 3 is 2.50 bits per heavy atom. The van der Waals surface area contributed by atoms with Crippen molar-refractivity contribution in [2.24, 2.45) is 5.92 Å². The zero-order valence-corrected chi connectivity index (χ0v) is 16.0. The van der Waals surface area contributed by atoms with E-state index in [1.807, 2.05) is 0 Å². The van der Waals surface area contributed by atoms with Gasteiger partial charge in [0, 0.05) is 18.2 Å². The van der Waals surface area contributed by atoms with Gasteiger partial charge in [0.2, 0.25) is 10.0 Å². The summed E-state index contributed by atoms with van der Waals surface area (Å²) in [5.74, 6) is 0.518. The maximum absolute atomic E-state index is 12.5. The Morgan fingerprint density at radius 1 is 1.23 bits per heavy atom. The normalized spacial score (nSPS) is 23.8. The highest BCUT2D eigenvalue weighted by atomic mass is 32.2. The molecule has 8 nitrogen and oxygen atoms in total. The van der Waals surface area contributed by atoms with Crippen LogP contribution in [0.5, 0.6) is 0 Å². The van der Waals surface area contributed by atoms with Crippen molar-refractivity contribution in [2.75, 3.05) is 11.9 Å². The fourth-order valence-corrected chi connectivity index (χ4v) is 4.71. The fraction of sp³-hybridized carbons (Fsp3) is 0.647. The Hall–Kier alpha value is -1.71. The summed E-state index contributed by atoms with van der Waals surface area (Å²) in [6.45, 7) is 5.78. The van der Waals surface area contributed by atoms with Crippen LogP contribution in [-0.4, -0.2) is 37.6 Å². The van der Waals surface area contributed by atoms with Gasteiger partial charge in [-0.2, -0.15) is 0 Å². The number of sulfonamides is 1. The number of nitrogens with one attached hydrogen (secondary N) is 2. The number of nitrogens with zero attached hydrogens (tertiary/aromatic N) is 1. The highest BCUT2D eigenvalue weighted by Crippen LogP contribution is 2.40. The van der Waals surface area contributed by atoms with Gasteiger partial charge in [0.05, 0.1) is 22.0 Å². The average Bonchev–Trinajstić information content (AvgIpc) is 3.25. The molecule has 1 aliphatic carbocycles. The Labute approximate surface area is 153 Å². The molecule has 2 atom stereocenters. The van der Waals surface area contributed by atoms with E-state index in [2.05, 4.69) is 10.0 Å². The highest BCUT2D eigenvalue weighted by Gasteiger charge is 2.41. The van der Waals surface area contributed by atoms with Crippen molar-refractivity contribution in [3.8, 4) is 0 Å². The third-order valence-corrected chi connectivity index (χ3v) is 6.24. The van der Waals surface area contributed by atoms with E-state index in [0.717, 1.165) is 25.3 Å². The van der Waals surface area contributed by atoms with Crippen LogP contribution in [-0.2, 0) is 14.8 Å². The smallest absolute Gasteiger partial charge is 0.293 e. The van der Waals surface area contributed by atoms with Crippen molar-refractivity contribution >= 4 is 21.4 Å². The predicted octanol–water partition coefficient (Wildman–Crippen LogP) is 2.65. The minimum atomic E-state index is -3.84. The molecule has 9 heteroatoms. The highest BCUT2D eigenvalue weighted by molar-refractivity contribution is 7.89. The molecule has 1 aromatic rings. The van der Waals surface area contributed by atoms with Crippen LogP contribution in [0.4, 0.5) is 11.4 Å². The van der Waals surface area contributed by atoms with E-state index in [9.17, 15) is 18.5 Å². The average molecular weight is 383 g/mol. The number of benzene rings is 1. The Balaban J connectivity index is 1.86. The zero-order valence-electron chi connectivity index (χ0n) is 15.2. The van der Waals surface area contributed by atoms with E-state index in [0.29, 0.717) is 18.2 Å². The molecule has 1 heterocycles. The maximum Gasteiger partial charge on any atom is 0.293 e. The molecule has 0 radical (unpaired) electrons. The monoisotopic (exact) mass is 383 g/mol. The molecule has 1 aromatic carbocycles. The summed E-state index contributed by atoms with van der Waals surface area (Å²) in [6, 6.07) is 3.98. The van der Waals surface area contributed by atoms with Gasteiger partial charge in [0.25, 0.3) is 5.69 Å². The van der Waals surface area contributed by atoms with Crippen molar-refractivity contribution in [3.63, 3.8) is 0 Å². The molecule has 1 saturated heterocycles. The minimum absolute atomic E-state index is 0.0105. The SMILES string of the molecule is CC(C)(C)NS(=O)(=O)c1ccc(N[C@@H]2CCO[C@@H]2C2CC2)c([N+](=O)[O-])c1. The second kappa shape index (κ2) is 6.79. The molecule has 2 fully saturated rings. The first-order valence-corrected chi connectivity index (χ1v) is 10.3. The van der Waals surface area contributed by atoms with Gasteiger partial charge in [-0.25, -0.2) is 13.1 Å². The predicted molar refractivity (Wildman–Crippen MR) is 97.7 cm³/mol. The first-order chi connectivity index (χ1) is 12.1. The summed E-state index contributed by atoms with van der Waals surface area (Å²) in [4.78, 5) is 10.8. The summed E-state index contributed by atoms with van der Waals surface area (Å²) >= 11 is 0. The third kappa shape index (κ3) is 4.33. The summed E-state index contributed by atoms with van der Waals surface area (Å²) in [7, 11) is -3.84. The van der Waals surface area contributed by atoms with Crippen molar-refractivity contribution in [1.82, 2.24) is 4.72 Å². The fourth-order valence-electron chi connectivity index (χ4n) is 3.27. The first kappa shape index (κ1) is 19.1. The van der Waals surface area contributed by atoms with Crippen LogP contribution >= 0.6 is 0 Å². The van der Waals surface area contributed by atoms with Gasteiger partial charge < -0.3 is 10.1 Å². The summed E-state index contributed by atoms with van der Waals surface area (Å²) < 4.78 is 33.2. The molecule has 1 saturated carbocycles. The number of hydrogen-bond acceptors (Lipinski definition) is 6. The van der Waals surface area contributed by atoms with E-state index in [1.54, 1.807) is 20.8 Å². The Morgan fingerprint density at radius 2 is 1.92 bits per heavy atom. The molecule has 3 rings (SSSR count). The molecule has 26 heavy (non-hydrogen) atoms. The zero-order chi connectivity index (χ0) is 19.1. The summed E-state index contributed by atoms with van der Waals surface area (Å²) in [5.41, 5.74) is -0.600. The van der Waals surface area contributed by atoms with Gasteiger partial charge in [-0.3, -0.25) is 10.1 Å². The van der Waals surface area contributed by atoms with Gasteiger partial charge in [0.1, 0.15) is 5.69 Å². The number of ether oxygens (including phenoxy) is 1. The largest absolute Gasteiger partial charge is 0.376 e. The lowest BCUT2D eigenvalue weighted by atomic mass is 10.1. The molecule has 144 valence electrons. The quantitative estimate of drug-likeness (QED) is 0.577. The molecule has 1 aliphatic heterocycles. The van der Waals surface area contributed by atoms with Crippen LogP contribution in [0.1, 0.15) is 40.0 Å². The topological polar surface area (TPSA) is 111 Å². The van der Waals surface area contributed by atoms with Crippen LogP contribution in [0.3, 0.4) is 0 Å². The van der Waals surface area contributed by atoms with Crippen molar-refractivity contribution in [1.29, 1.82) is 0 Å². The van der Waals surface area contributed by atoms with E-state index in [4.69, 9.17) is 4.74 Å². The second-order valence-corrected chi connectivity index (χ2v) is 9.69. The molecule has 0 aromatic heterocycles. The number of hydrogen-bond donors (Lipinski definition) is 2. The van der Waals surface area contributed by atoms with Gasteiger partial charge in [-0.15, -0.1) is 0 Å². The van der Waals surface area contributed by atoms with E-state index in [-0.39, 0.29) is 22.7 Å². The molecule has 0 spiro atoms.